The second-order valence-electron chi connectivity index (χ2n) is 4.68. The molecule has 104 valence electrons. The van der Waals surface area contributed by atoms with Crippen molar-refractivity contribution in [1.29, 1.82) is 0 Å². The Morgan fingerprint density at radius 2 is 2.16 bits per heavy atom. The molecule has 0 aliphatic heterocycles. The van der Waals surface area contributed by atoms with E-state index in [1.807, 2.05) is 4.90 Å². The van der Waals surface area contributed by atoms with Gasteiger partial charge in [0, 0.05) is 24.2 Å². The van der Waals surface area contributed by atoms with E-state index in [0.717, 1.165) is 18.9 Å². The van der Waals surface area contributed by atoms with Gasteiger partial charge in [-0.15, -0.1) is 0 Å². The van der Waals surface area contributed by atoms with E-state index < -0.39 is 11.6 Å². The molecule has 0 spiro atoms. The van der Waals surface area contributed by atoms with E-state index in [1.54, 1.807) is 6.92 Å². The fourth-order valence-corrected chi connectivity index (χ4v) is 1.99. The highest BCUT2D eigenvalue weighted by Crippen LogP contribution is 2.28. The average molecular weight is 269 g/mol. The van der Waals surface area contributed by atoms with Gasteiger partial charge in [0.2, 0.25) is 0 Å². The van der Waals surface area contributed by atoms with Crippen LogP contribution in [0, 0.1) is 11.6 Å². The summed E-state index contributed by atoms with van der Waals surface area (Å²) in [5.74, 6) is -1.48. The first-order valence-corrected chi connectivity index (χ1v) is 6.43. The lowest BCUT2D eigenvalue weighted by atomic mass is 10.2. The van der Waals surface area contributed by atoms with E-state index in [1.165, 1.54) is 12.1 Å². The molecule has 0 N–H and O–H groups in total. The lowest BCUT2D eigenvalue weighted by Gasteiger charge is -2.21. The summed E-state index contributed by atoms with van der Waals surface area (Å²) < 4.78 is 31.3. The highest BCUT2D eigenvalue weighted by atomic mass is 19.1. The molecule has 1 aromatic carbocycles. The summed E-state index contributed by atoms with van der Waals surface area (Å²) in [6, 6.07) is 3.82. The van der Waals surface area contributed by atoms with Crippen LogP contribution < -0.4 is 0 Å². The van der Waals surface area contributed by atoms with Crippen LogP contribution in [0.1, 0.15) is 25.3 Å². The minimum absolute atomic E-state index is 0.148. The molecule has 0 atom stereocenters. The zero-order valence-electron chi connectivity index (χ0n) is 10.9. The minimum atomic E-state index is -0.593. The van der Waals surface area contributed by atoms with Crippen molar-refractivity contribution in [2.75, 3.05) is 13.2 Å². The summed E-state index contributed by atoms with van der Waals surface area (Å²) >= 11 is 0. The first kappa shape index (κ1) is 13.9. The third-order valence-corrected chi connectivity index (χ3v) is 3.09. The molecular weight excluding hydrogens is 252 g/mol. The van der Waals surface area contributed by atoms with Gasteiger partial charge in [-0.3, -0.25) is 9.69 Å². The number of carbonyl (C=O) groups is 1. The van der Waals surface area contributed by atoms with Crippen molar-refractivity contribution in [3.05, 3.63) is 35.4 Å². The van der Waals surface area contributed by atoms with Crippen LogP contribution >= 0.6 is 0 Å². The largest absolute Gasteiger partial charge is 0.465 e. The zero-order valence-corrected chi connectivity index (χ0v) is 10.9. The first-order chi connectivity index (χ1) is 9.10. The Hall–Kier alpha value is -1.49. The summed E-state index contributed by atoms with van der Waals surface area (Å²) in [5.41, 5.74) is 0.401. The number of ether oxygens (including phenoxy) is 1. The maximum Gasteiger partial charge on any atom is 0.320 e. The molecule has 0 saturated heterocycles. The summed E-state index contributed by atoms with van der Waals surface area (Å²) in [6.07, 6.45) is 2.00. The van der Waals surface area contributed by atoms with Crippen LogP contribution in [-0.2, 0) is 16.1 Å². The topological polar surface area (TPSA) is 29.5 Å². The normalized spacial score (nSPS) is 14.7. The highest BCUT2D eigenvalue weighted by molar-refractivity contribution is 5.71. The van der Waals surface area contributed by atoms with Crippen LogP contribution in [0.15, 0.2) is 18.2 Å². The van der Waals surface area contributed by atoms with Gasteiger partial charge < -0.3 is 4.74 Å². The van der Waals surface area contributed by atoms with E-state index in [-0.39, 0.29) is 12.5 Å². The van der Waals surface area contributed by atoms with Crippen LogP contribution in [0.25, 0.3) is 0 Å². The Bertz CT molecular complexity index is 461. The second-order valence-corrected chi connectivity index (χ2v) is 4.68. The van der Waals surface area contributed by atoms with Gasteiger partial charge in [-0.2, -0.15) is 0 Å². The molecule has 1 saturated carbocycles. The molecule has 5 heteroatoms. The maximum absolute atomic E-state index is 13.6. The smallest absolute Gasteiger partial charge is 0.320 e. The Morgan fingerprint density at radius 1 is 1.42 bits per heavy atom. The molecule has 1 aliphatic rings. The van der Waals surface area contributed by atoms with Crippen molar-refractivity contribution in [2.45, 2.75) is 32.4 Å². The number of nitrogens with zero attached hydrogens (tertiary/aromatic N) is 1. The zero-order chi connectivity index (χ0) is 13.8. The van der Waals surface area contributed by atoms with E-state index in [0.29, 0.717) is 24.8 Å². The predicted molar refractivity (Wildman–Crippen MR) is 66.4 cm³/mol. The predicted octanol–water partition coefficient (Wildman–Crippen LogP) is 2.49. The Labute approximate surface area is 111 Å². The van der Waals surface area contributed by atoms with Gasteiger partial charge in [0.15, 0.2) is 0 Å². The molecule has 0 amide bonds. The number of carbonyl (C=O) groups excluding carboxylic acids is 1. The van der Waals surface area contributed by atoms with Crippen molar-refractivity contribution in [3.8, 4) is 0 Å². The van der Waals surface area contributed by atoms with Gasteiger partial charge in [-0.05, 0) is 25.8 Å². The molecular formula is C14H17F2NO2. The molecule has 0 radical (unpaired) electrons. The average Bonchev–Trinajstić information content (AvgIpc) is 3.16. The third kappa shape index (κ3) is 3.99. The van der Waals surface area contributed by atoms with E-state index in [2.05, 4.69) is 0 Å². The fraction of sp³-hybridized carbons (Fsp3) is 0.500. The van der Waals surface area contributed by atoms with Crippen molar-refractivity contribution in [3.63, 3.8) is 0 Å². The Morgan fingerprint density at radius 3 is 2.74 bits per heavy atom. The molecule has 1 aromatic rings. The summed E-state index contributed by atoms with van der Waals surface area (Å²) in [6.45, 7) is 2.53. The molecule has 0 heterocycles. The van der Waals surface area contributed by atoms with E-state index in [4.69, 9.17) is 4.74 Å². The second kappa shape index (κ2) is 6.10. The number of halogens is 2. The van der Waals surface area contributed by atoms with Gasteiger partial charge >= 0.3 is 5.97 Å². The lowest BCUT2D eigenvalue weighted by molar-refractivity contribution is -0.144. The van der Waals surface area contributed by atoms with Gasteiger partial charge in [0.05, 0.1) is 13.2 Å². The SMILES string of the molecule is CCOC(=O)CN(Cc1ccc(F)cc1F)C1CC1. The standard InChI is InChI=1S/C14H17F2NO2/c1-2-19-14(18)9-17(12-5-6-12)8-10-3-4-11(15)7-13(10)16/h3-4,7,12H,2,5-6,8-9H2,1H3. The van der Waals surface area contributed by atoms with Crippen molar-refractivity contribution in [2.24, 2.45) is 0 Å². The molecule has 19 heavy (non-hydrogen) atoms. The summed E-state index contributed by atoms with van der Waals surface area (Å²) in [4.78, 5) is 13.4. The first-order valence-electron chi connectivity index (χ1n) is 6.43. The lowest BCUT2D eigenvalue weighted by Crippen LogP contribution is -2.32. The van der Waals surface area contributed by atoms with Crippen molar-refractivity contribution in [1.82, 2.24) is 4.90 Å². The molecule has 3 nitrogen and oxygen atoms in total. The quantitative estimate of drug-likeness (QED) is 0.743. The van der Waals surface area contributed by atoms with Gasteiger partial charge in [0.25, 0.3) is 0 Å². The van der Waals surface area contributed by atoms with Gasteiger partial charge in [-0.1, -0.05) is 6.07 Å². The Balaban J connectivity index is 2.02. The molecule has 1 fully saturated rings. The molecule has 0 aromatic heterocycles. The molecule has 2 rings (SSSR count). The minimum Gasteiger partial charge on any atom is -0.465 e. The van der Waals surface area contributed by atoms with Crippen LogP contribution in [0.3, 0.4) is 0 Å². The van der Waals surface area contributed by atoms with Crippen LogP contribution in [0.5, 0.6) is 0 Å². The number of hydrogen-bond donors (Lipinski definition) is 0. The van der Waals surface area contributed by atoms with Gasteiger partial charge in [-0.25, -0.2) is 8.78 Å². The fourth-order valence-electron chi connectivity index (χ4n) is 1.99. The molecule has 1 aliphatic carbocycles. The number of esters is 1. The highest BCUT2D eigenvalue weighted by Gasteiger charge is 2.31. The monoisotopic (exact) mass is 269 g/mol. The third-order valence-electron chi connectivity index (χ3n) is 3.09. The Kier molecular flexibility index (Phi) is 4.47. The van der Waals surface area contributed by atoms with Crippen LogP contribution in [0.2, 0.25) is 0 Å². The van der Waals surface area contributed by atoms with Crippen molar-refractivity contribution >= 4 is 5.97 Å². The van der Waals surface area contributed by atoms with Gasteiger partial charge in [0.1, 0.15) is 11.6 Å². The number of hydrogen-bond acceptors (Lipinski definition) is 3. The summed E-state index contributed by atoms with van der Waals surface area (Å²) in [7, 11) is 0. The number of rotatable bonds is 6. The van der Waals surface area contributed by atoms with Crippen molar-refractivity contribution < 1.29 is 18.3 Å². The molecule has 0 bridgehead atoms. The van der Waals surface area contributed by atoms with Crippen LogP contribution in [-0.4, -0.2) is 30.1 Å². The number of benzene rings is 1. The maximum atomic E-state index is 13.6. The van der Waals surface area contributed by atoms with E-state index in [9.17, 15) is 13.6 Å². The summed E-state index contributed by atoms with van der Waals surface area (Å²) in [5, 5.41) is 0. The molecule has 0 unspecified atom stereocenters. The van der Waals surface area contributed by atoms with E-state index >= 15 is 0 Å². The van der Waals surface area contributed by atoms with Crippen LogP contribution in [0.4, 0.5) is 8.78 Å².